The van der Waals surface area contributed by atoms with Crippen molar-refractivity contribution in [1.29, 1.82) is 0 Å². The van der Waals surface area contributed by atoms with E-state index in [1.54, 1.807) is 0 Å². The lowest BCUT2D eigenvalue weighted by atomic mass is 9.84. The standard InChI is InChI=1S/C14H24/c1-11(9-10-13(3,4)5)12(2)14(6,7)8/h1-8H3/b12-11-. The van der Waals surface area contributed by atoms with Crippen LogP contribution in [0.1, 0.15) is 55.4 Å². The van der Waals surface area contributed by atoms with Gasteiger partial charge in [0, 0.05) is 5.41 Å². The van der Waals surface area contributed by atoms with Gasteiger partial charge in [-0.15, -0.1) is 0 Å². The zero-order chi connectivity index (χ0) is 11.6. The molecule has 0 heterocycles. The van der Waals surface area contributed by atoms with E-state index in [1.807, 2.05) is 0 Å². The Bertz CT molecular complexity index is 279. The molecular formula is C14H24. The monoisotopic (exact) mass is 192 g/mol. The van der Waals surface area contributed by atoms with E-state index in [1.165, 1.54) is 11.1 Å². The van der Waals surface area contributed by atoms with E-state index in [4.69, 9.17) is 0 Å². The molecule has 0 rings (SSSR count). The summed E-state index contributed by atoms with van der Waals surface area (Å²) in [6.07, 6.45) is 0. The molecule has 0 unspecified atom stereocenters. The van der Waals surface area contributed by atoms with E-state index in [-0.39, 0.29) is 10.8 Å². The van der Waals surface area contributed by atoms with Crippen molar-refractivity contribution in [3.63, 3.8) is 0 Å². The van der Waals surface area contributed by atoms with Crippen molar-refractivity contribution < 1.29 is 0 Å². The summed E-state index contributed by atoms with van der Waals surface area (Å²) in [5.74, 6) is 6.53. The van der Waals surface area contributed by atoms with E-state index in [0.29, 0.717) is 0 Å². The molecule has 0 bridgehead atoms. The van der Waals surface area contributed by atoms with Gasteiger partial charge in [-0.05, 0) is 45.6 Å². The van der Waals surface area contributed by atoms with Gasteiger partial charge in [-0.25, -0.2) is 0 Å². The minimum atomic E-state index is 0.0967. The average Bonchev–Trinajstić information content (AvgIpc) is 1.95. The molecule has 0 aromatic rings. The fourth-order valence-electron chi connectivity index (χ4n) is 0.938. The summed E-state index contributed by atoms with van der Waals surface area (Å²) in [5, 5.41) is 0. The minimum absolute atomic E-state index is 0.0967. The first-order valence-electron chi connectivity index (χ1n) is 5.25. The van der Waals surface area contributed by atoms with E-state index < -0.39 is 0 Å². The Morgan fingerprint density at radius 3 is 1.57 bits per heavy atom. The summed E-state index contributed by atoms with van der Waals surface area (Å²) in [6.45, 7) is 17.4. The highest BCUT2D eigenvalue weighted by Crippen LogP contribution is 2.27. The zero-order valence-electron chi connectivity index (χ0n) is 11.0. The number of hydrogen-bond donors (Lipinski definition) is 0. The van der Waals surface area contributed by atoms with E-state index in [9.17, 15) is 0 Å². The van der Waals surface area contributed by atoms with Gasteiger partial charge in [-0.1, -0.05) is 38.2 Å². The summed E-state index contributed by atoms with van der Waals surface area (Å²) >= 11 is 0. The number of rotatable bonds is 0. The van der Waals surface area contributed by atoms with Gasteiger partial charge in [-0.3, -0.25) is 0 Å². The van der Waals surface area contributed by atoms with Crippen molar-refractivity contribution in [2.24, 2.45) is 10.8 Å². The maximum atomic E-state index is 3.27. The molecule has 0 aliphatic carbocycles. The Morgan fingerprint density at radius 2 is 1.29 bits per heavy atom. The van der Waals surface area contributed by atoms with Gasteiger partial charge in [0.05, 0.1) is 0 Å². The summed E-state index contributed by atoms with van der Waals surface area (Å²) in [4.78, 5) is 0. The van der Waals surface area contributed by atoms with Crippen molar-refractivity contribution >= 4 is 0 Å². The molecule has 0 nitrogen and oxygen atoms in total. The second-order valence-corrected chi connectivity index (χ2v) is 6.00. The molecule has 0 aliphatic heterocycles. The predicted molar refractivity (Wildman–Crippen MR) is 65.1 cm³/mol. The van der Waals surface area contributed by atoms with Crippen LogP contribution in [0.25, 0.3) is 0 Å². The van der Waals surface area contributed by atoms with Gasteiger partial charge in [-0.2, -0.15) is 0 Å². The molecule has 0 aliphatic rings. The van der Waals surface area contributed by atoms with Crippen molar-refractivity contribution in [2.45, 2.75) is 55.4 Å². The zero-order valence-corrected chi connectivity index (χ0v) is 11.0. The van der Waals surface area contributed by atoms with E-state index in [2.05, 4.69) is 67.2 Å². The highest BCUT2D eigenvalue weighted by molar-refractivity contribution is 5.34. The lowest BCUT2D eigenvalue weighted by Gasteiger charge is -2.20. The molecule has 0 heteroatoms. The van der Waals surface area contributed by atoms with E-state index in [0.717, 1.165) is 0 Å². The molecular weight excluding hydrogens is 168 g/mol. The Labute approximate surface area is 89.8 Å². The number of hydrogen-bond acceptors (Lipinski definition) is 0. The molecule has 14 heavy (non-hydrogen) atoms. The Morgan fingerprint density at radius 1 is 0.857 bits per heavy atom. The quantitative estimate of drug-likeness (QED) is 0.498. The summed E-state index contributed by atoms with van der Waals surface area (Å²) in [6, 6.07) is 0. The van der Waals surface area contributed by atoms with Gasteiger partial charge in [0.1, 0.15) is 0 Å². The van der Waals surface area contributed by atoms with Crippen molar-refractivity contribution in [1.82, 2.24) is 0 Å². The molecule has 0 fully saturated rings. The molecule has 80 valence electrons. The molecule has 0 saturated carbocycles. The van der Waals surface area contributed by atoms with Crippen molar-refractivity contribution in [2.75, 3.05) is 0 Å². The fraction of sp³-hybridized carbons (Fsp3) is 0.714. The molecule has 0 radical (unpaired) electrons. The lowest BCUT2D eigenvalue weighted by molar-refractivity contribution is 0.500. The SMILES string of the molecule is C/C(C#CC(C)(C)C)=C(\C)C(C)(C)C. The number of allylic oxidation sites excluding steroid dienone is 2. The first kappa shape index (κ1) is 13.3. The highest BCUT2D eigenvalue weighted by atomic mass is 14.2. The van der Waals surface area contributed by atoms with Crippen LogP contribution in [0.2, 0.25) is 0 Å². The fourth-order valence-corrected chi connectivity index (χ4v) is 0.938. The van der Waals surface area contributed by atoms with Crippen LogP contribution in [0.3, 0.4) is 0 Å². The normalized spacial score (nSPS) is 14.3. The van der Waals surface area contributed by atoms with Gasteiger partial charge >= 0.3 is 0 Å². The van der Waals surface area contributed by atoms with Gasteiger partial charge in [0.15, 0.2) is 0 Å². The molecule has 0 atom stereocenters. The van der Waals surface area contributed by atoms with E-state index >= 15 is 0 Å². The topological polar surface area (TPSA) is 0 Å². The molecule has 0 N–H and O–H groups in total. The van der Waals surface area contributed by atoms with Crippen molar-refractivity contribution in [3.8, 4) is 11.8 Å². The third-order valence-electron chi connectivity index (χ3n) is 2.31. The summed E-state index contributed by atoms with van der Waals surface area (Å²) < 4.78 is 0. The Kier molecular flexibility index (Phi) is 4.01. The minimum Gasteiger partial charge on any atom is -0.0923 e. The van der Waals surface area contributed by atoms with Crippen LogP contribution in [0.4, 0.5) is 0 Å². The van der Waals surface area contributed by atoms with Crippen LogP contribution >= 0.6 is 0 Å². The second kappa shape index (κ2) is 4.22. The lowest BCUT2D eigenvalue weighted by Crippen LogP contribution is -2.08. The second-order valence-electron chi connectivity index (χ2n) is 6.00. The molecule has 0 saturated heterocycles. The Balaban J connectivity index is 4.94. The van der Waals surface area contributed by atoms with Crippen LogP contribution in [0.5, 0.6) is 0 Å². The van der Waals surface area contributed by atoms with Crippen LogP contribution in [0.15, 0.2) is 11.1 Å². The average molecular weight is 192 g/mol. The largest absolute Gasteiger partial charge is 0.0923 e. The third kappa shape index (κ3) is 5.12. The first-order valence-corrected chi connectivity index (χ1v) is 5.25. The third-order valence-corrected chi connectivity index (χ3v) is 2.31. The van der Waals surface area contributed by atoms with Gasteiger partial charge < -0.3 is 0 Å². The molecule has 0 aromatic heterocycles. The van der Waals surface area contributed by atoms with Crippen LogP contribution < -0.4 is 0 Å². The predicted octanol–water partition coefficient (Wildman–Crippen LogP) is 4.42. The maximum Gasteiger partial charge on any atom is 0.0233 e. The first-order chi connectivity index (χ1) is 6.04. The maximum absolute atomic E-state index is 3.27. The Hall–Kier alpha value is -0.700. The van der Waals surface area contributed by atoms with Crippen LogP contribution in [0, 0.1) is 22.7 Å². The van der Waals surface area contributed by atoms with Gasteiger partial charge in [0.25, 0.3) is 0 Å². The van der Waals surface area contributed by atoms with Crippen molar-refractivity contribution in [3.05, 3.63) is 11.1 Å². The molecule has 0 aromatic carbocycles. The smallest absolute Gasteiger partial charge is 0.0233 e. The summed E-state index contributed by atoms with van der Waals surface area (Å²) in [7, 11) is 0. The molecule has 0 spiro atoms. The van der Waals surface area contributed by atoms with Crippen LogP contribution in [-0.2, 0) is 0 Å². The molecule has 0 amide bonds. The van der Waals surface area contributed by atoms with Crippen LogP contribution in [-0.4, -0.2) is 0 Å². The summed E-state index contributed by atoms with van der Waals surface area (Å²) in [5.41, 5.74) is 2.93. The highest BCUT2D eigenvalue weighted by Gasteiger charge is 2.14. The van der Waals surface area contributed by atoms with Gasteiger partial charge in [0.2, 0.25) is 0 Å².